The van der Waals surface area contributed by atoms with Crippen LogP contribution >= 0.6 is 0 Å². The molecule has 0 saturated carbocycles. The maximum atomic E-state index is 11.0. The van der Waals surface area contributed by atoms with Crippen molar-refractivity contribution in [2.24, 2.45) is 5.73 Å². The molecule has 0 aliphatic carbocycles. The normalized spacial score (nSPS) is 10.2. The first-order valence-corrected chi connectivity index (χ1v) is 7.01. The minimum atomic E-state index is -0.569. The van der Waals surface area contributed by atoms with E-state index in [0.29, 0.717) is 12.3 Å². The van der Waals surface area contributed by atoms with Crippen molar-refractivity contribution in [3.63, 3.8) is 0 Å². The molecule has 0 fully saturated rings. The number of ether oxygens (including phenoxy) is 1. The maximum Gasteiger partial charge on any atom is 0.316 e. The molecule has 0 atom stereocenters. The van der Waals surface area contributed by atoms with E-state index in [1.165, 1.54) is 0 Å². The topological polar surface area (TPSA) is 64.3 Å². The Hall–Kier alpha value is -2.49. The average molecular weight is 284 g/mol. The van der Waals surface area contributed by atoms with Gasteiger partial charge in [0.1, 0.15) is 5.75 Å². The number of hydrogen-bond acceptors (Lipinski definition) is 2. The molecule has 4 heteroatoms. The molecule has 0 radical (unpaired) electrons. The summed E-state index contributed by atoms with van der Waals surface area (Å²) < 4.78 is 5.80. The van der Waals surface area contributed by atoms with Gasteiger partial charge in [-0.05, 0) is 42.7 Å². The second-order valence-corrected chi connectivity index (χ2v) is 4.86. The van der Waals surface area contributed by atoms with Crippen LogP contribution in [0.25, 0.3) is 11.1 Å². The Morgan fingerprint density at radius 2 is 1.95 bits per heavy atom. The number of para-hydroxylation sites is 1. The van der Waals surface area contributed by atoms with E-state index in [9.17, 15) is 4.79 Å². The number of benzene rings is 2. The zero-order valence-corrected chi connectivity index (χ0v) is 12.3. The van der Waals surface area contributed by atoms with Crippen LogP contribution in [0.2, 0.25) is 0 Å². The summed E-state index contributed by atoms with van der Waals surface area (Å²) in [5.74, 6) is 0.846. The highest BCUT2D eigenvalue weighted by molar-refractivity contribution is 5.89. The summed E-state index contributed by atoms with van der Waals surface area (Å²) in [6.07, 6.45) is 0.955. The molecule has 110 valence electrons. The Balaban J connectivity index is 2.43. The molecule has 0 aromatic heterocycles. The SMILES string of the molecule is CCCOc1ccccc1-c1cc(NC(N)=O)ccc1C. The lowest BCUT2D eigenvalue weighted by molar-refractivity contribution is 0.259. The van der Waals surface area contributed by atoms with Crippen molar-refractivity contribution in [1.29, 1.82) is 0 Å². The monoisotopic (exact) mass is 284 g/mol. The number of nitrogens with one attached hydrogen (secondary N) is 1. The number of aryl methyl sites for hydroxylation is 1. The second kappa shape index (κ2) is 6.79. The average Bonchev–Trinajstić information content (AvgIpc) is 2.47. The van der Waals surface area contributed by atoms with E-state index in [1.54, 1.807) is 0 Å². The lowest BCUT2D eigenvalue weighted by Gasteiger charge is -2.14. The number of primary amides is 1. The number of anilines is 1. The van der Waals surface area contributed by atoms with E-state index in [4.69, 9.17) is 10.5 Å². The molecule has 0 unspecified atom stereocenters. The Bertz CT molecular complexity index is 638. The second-order valence-electron chi connectivity index (χ2n) is 4.86. The number of rotatable bonds is 5. The van der Waals surface area contributed by atoms with Gasteiger partial charge < -0.3 is 15.8 Å². The van der Waals surface area contributed by atoms with Gasteiger partial charge in [0, 0.05) is 11.3 Å². The van der Waals surface area contributed by atoms with Crippen LogP contribution in [0.3, 0.4) is 0 Å². The zero-order valence-electron chi connectivity index (χ0n) is 12.3. The summed E-state index contributed by atoms with van der Waals surface area (Å²) in [6, 6.07) is 13.0. The van der Waals surface area contributed by atoms with Gasteiger partial charge in [-0.15, -0.1) is 0 Å². The summed E-state index contributed by atoms with van der Waals surface area (Å²) in [5.41, 5.74) is 8.99. The van der Waals surface area contributed by atoms with Crippen LogP contribution in [0.15, 0.2) is 42.5 Å². The first-order chi connectivity index (χ1) is 10.1. The largest absolute Gasteiger partial charge is 0.493 e. The van der Waals surface area contributed by atoms with Gasteiger partial charge in [-0.2, -0.15) is 0 Å². The fourth-order valence-electron chi connectivity index (χ4n) is 2.16. The van der Waals surface area contributed by atoms with Crippen molar-refractivity contribution in [3.8, 4) is 16.9 Å². The third-order valence-electron chi connectivity index (χ3n) is 3.14. The van der Waals surface area contributed by atoms with E-state index in [0.717, 1.165) is 28.9 Å². The van der Waals surface area contributed by atoms with Gasteiger partial charge in [0.2, 0.25) is 0 Å². The van der Waals surface area contributed by atoms with Crippen molar-refractivity contribution in [1.82, 2.24) is 0 Å². The van der Waals surface area contributed by atoms with Crippen LogP contribution in [0.4, 0.5) is 10.5 Å². The van der Waals surface area contributed by atoms with Crippen molar-refractivity contribution in [3.05, 3.63) is 48.0 Å². The number of nitrogens with two attached hydrogens (primary N) is 1. The predicted molar refractivity (Wildman–Crippen MR) is 85.6 cm³/mol. The zero-order chi connectivity index (χ0) is 15.2. The van der Waals surface area contributed by atoms with Gasteiger partial charge in [0.05, 0.1) is 6.61 Å². The Morgan fingerprint density at radius 1 is 1.19 bits per heavy atom. The summed E-state index contributed by atoms with van der Waals surface area (Å²) in [4.78, 5) is 11.0. The van der Waals surface area contributed by atoms with Crippen LogP contribution in [-0.2, 0) is 0 Å². The fraction of sp³-hybridized carbons (Fsp3) is 0.235. The highest BCUT2D eigenvalue weighted by Crippen LogP contribution is 2.33. The highest BCUT2D eigenvalue weighted by Gasteiger charge is 2.09. The first kappa shape index (κ1) is 14.9. The van der Waals surface area contributed by atoms with E-state index < -0.39 is 6.03 Å². The fourth-order valence-corrected chi connectivity index (χ4v) is 2.16. The minimum Gasteiger partial charge on any atom is -0.493 e. The molecule has 4 nitrogen and oxygen atoms in total. The quantitative estimate of drug-likeness (QED) is 0.873. The van der Waals surface area contributed by atoms with Crippen LogP contribution in [0.1, 0.15) is 18.9 Å². The van der Waals surface area contributed by atoms with Crippen LogP contribution in [0, 0.1) is 6.92 Å². The molecule has 3 N–H and O–H groups in total. The van der Waals surface area contributed by atoms with Crippen molar-refractivity contribution >= 4 is 11.7 Å². The number of carbonyl (C=O) groups is 1. The smallest absolute Gasteiger partial charge is 0.316 e. The summed E-state index contributed by atoms with van der Waals surface area (Å²) >= 11 is 0. The van der Waals surface area contributed by atoms with Gasteiger partial charge in [0.25, 0.3) is 0 Å². The van der Waals surface area contributed by atoms with Crippen molar-refractivity contribution in [2.45, 2.75) is 20.3 Å². The molecule has 2 aromatic carbocycles. The van der Waals surface area contributed by atoms with E-state index in [1.807, 2.05) is 49.4 Å². The van der Waals surface area contributed by atoms with Gasteiger partial charge in [0.15, 0.2) is 0 Å². The lowest BCUT2D eigenvalue weighted by atomic mass is 9.99. The van der Waals surface area contributed by atoms with Crippen molar-refractivity contribution in [2.75, 3.05) is 11.9 Å². The third-order valence-corrected chi connectivity index (χ3v) is 3.14. The first-order valence-electron chi connectivity index (χ1n) is 7.01. The number of urea groups is 1. The van der Waals surface area contributed by atoms with Crippen LogP contribution < -0.4 is 15.8 Å². The standard InChI is InChI=1S/C17H20N2O2/c1-3-10-21-16-7-5-4-6-14(16)15-11-13(19-17(18)20)9-8-12(15)2/h4-9,11H,3,10H2,1-2H3,(H3,18,19,20). The number of amides is 2. The van der Waals surface area contributed by atoms with Gasteiger partial charge in [-0.25, -0.2) is 4.79 Å². The van der Waals surface area contributed by atoms with E-state index in [2.05, 4.69) is 12.2 Å². The van der Waals surface area contributed by atoms with E-state index >= 15 is 0 Å². The Morgan fingerprint density at radius 3 is 2.67 bits per heavy atom. The molecule has 2 amide bonds. The summed E-state index contributed by atoms with van der Waals surface area (Å²) in [5, 5.41) is 2.60. The van der Waals surface area contributed by atoms with Gasteiger partial charge in [-0.3, -0.25) is 0 Å². The number of hydrogen-bond donors (Lipinski definition) is 2. The predicted octanol–water partition coefficient (Wildman–Crippen LogP) is 3.94. The van der Waals surface area contributed by atoms with Gasteiger partial charge in [-0.1, -0.05) is 31.2 Å². The molecular weight excluding hydrogens is 264 g/mol. The third kappa shape index (κ3) is 3.75. The Labute approximate surface area is 124 Å². The minimum absolute atomic E-state index is 0.569. The molecule has 0 saturated heterocycles. The van der Waals surface area contributed by atoms with Crippen molar-refractivity contribution < 1.29 is 9.53 Å². The summed E-state index contributed by atoms with van der Waals surface area (Å²) in [7, 11) is 0. The van der Waals surface area contributed by atoms with Crippen LogP contribution in [-0.4, -0.2) is 12.6 Å². The molecule has 0 bridgehead atoms. The lowest BCUT2D eigenvalue weighted by Crippen LogP contribution is -2.19. The summed E-state index contributed by atoms with van der Waals surface area (Å²) in [6.45, 7) is 4.78. The molecule has 0 aliphatic heterocycles. The molecule has 0 heterocycles. The molecule has 2 aromatic rings. The molecule has 0 spiro atoms. The molecular formula is C17H20N2O2. The maximum absolute atomic E-state index is 11.0. The van der Waals surface area contributed by atoms with E-state index in [-0.39, 0.29) is 0 Å². The van der Waals surface area contributed by atoms with Gasteiger partial charge >= 0.3 is 6.03 Å². The molecule has 2 rings (SSSR count). The highest BCUT2D eigenvalue weighted by atomic mass is 16.5. The molecule has 0 aliphatic rings. The Kier molecular flexibility index (Phi) is 4.82. The van der Waals surface area contributed by atoms with Crippen LogP contribution in [0.5, 0.6) is 5.75 Å². The number of carbonyl (C=O) groups excluding carboxylic acids is 1. The molecule has 21 heavy (non-hydrogen) atoms.